The van der Waals surface area contributed by atoms with Gasteiger partial charge in [0.1, 0.15) is 0 Å². The van der Waals surface area contributed by atoms with E-state index in [0.29, 0.717) is 6.04 Å². The van der Waals surface area contributed by atoms with Crippen molar-refractivity contribution in [3.8, 4) is 0 Å². The van der Waals surface area contributed by atoms with Gasteiger partial charge in [0.25, 0.3) is 0 Å². The van der Waals surface area contributed by atoms with Gasteiger partial charge in [-0.3, -0.25) is 0 Å². The van der Waals surface area contributed by atoms with Crippen molar-refractivity contribution in [2.24, 2.45) is 0 Å². The van der Waals surface area contributed by atoms with Crippen LogP contribution in [-0.2, 0) is 0 Å². The molecule has 2 aromatic carbocycles. The third-order valence-corrected chi connectivity index (χ3v) is 7.59. The lowest BCUT2D eigenvalue weighted by Crippen LogP contribution is -2.48. The van der Waals surface area contributed by atoms with Crippen LogP contribution in [0.1, 0.15) is 25.7 Å². The Bertz CT molecular complexity index is 817. The maximum absolute atomic E-state index is 6.46. The molecule has 6 heteroatoms. The third kappa shape index (κ3) is 4.57. The van der Waals surface area contributed by atoms with Gasteiger partial charge in [-0.2, -0.15) is 0 Å². The fourth-order valence-corrected chi connectivity index (χ4v) is 6.12. The molecule has 0 saturated carbocycles. The lowest BCUT2D eigenvalue weighted by molar-refractivity contribution is 0.254. The standard InChI is InChI=1S/C23H28ClN3S.ClH/c24-18-9-10-23-21(15-18)27(20-7-1-2-8-22(20)28-23)19(16-25-11-3-4-12-25)17-26-13-5-6-14-26;/h1-2,7-10,15,19H,3-6,11-14,16-17H2;1H. The van der Waals surface area contributed by atoms with E-state index in [1.807, 2.05) is 17.8 Å². The van der Waals surface area contributed by atoms with Crippen LogP contribution in [0.5, 0.6) is 0 Å². The summed E-state index contributed by atoms with van der Waals surface area (Å²) in [5.41, 5.74) is 2.62. The Morgan fingerprint density at radius 3 is 2.03 bits per heavy atom. The monoisotopic (exact) mass is 449 g/mol. The summed E-state index contributed by atoms with van der Waals surface area (Å²) >= 11 is 8.33. The van der Waals surface area contributed by atoms with E-state index in [0.717, 1.165) is 18.1 Å². The van der Waals surface area contributed by atoms with Crippen molar-refractivity contribution < 1.29 is 0 Å². The smallest absolute Gasteiger partial charge is 0.0597 e. The molecule has 0 amide bonds. The number of halogens is 2. The van der Waals surface area contributed by atoms with E-state index in [1.165, 1.54) is 73.0 Å². The highest BCUT2D eigenvalue weighted by atomic mass is 35.5. The number of anilines is 2. The molecule has 3 aliphatic rings. The second-order valence-electron chi connectivity index (χ2n) is 8.22. The summed E-state index contributed by atoms with van der Waals surface area (Å²) in [5.74, 6) is 0. The zero-order valence-electron chi connectivity index (χ0n) is 16.7. The molecule has 3 nitrogen and oxygen atoms in total. The van der Waals surface area contributed by atoms with Crippen LogP contribution in [0, 0.1) is 0 Å². The van der Waals surface area contributed by atoms with E-state index in [2.05, 4.69) is 51.1 Å². The summed E-state index contributed by atoms with van der Waals surface area (Å²) < 4.78 is 0. The van der Waals surface area contributed by atoms with Gasteiger partial charge >= 0.3 is 0 Å². The number of para-hydroxylation sites is 1. The number of likely N-dealkylation sites (tertiary alicyclic amines) is 2. The van der Waals surface area contributed by atoms with Crippen LogP contribution >= 0.6 is 35.8 Å². The summed E-state index contributed by atoms with van der Waals surface area (Å²) in [6.07, 6.45) is 5.35. The Balaban J connectivity index is 0.00000205. The number of rotatable bonds is 5. The molecule has 0 spiro atoms. The summed E-state index contributed by atoms with van der Waals surface area (Å²) in [6.45, 7) is 7.21. The van der Waals surface area contributed by atoms with Crippen LogP contribution < -0.4 is 4.90 Å². The van der Waals surface area contributed by atoms with E-state index in [9.17, 15) is 0 Å². The van der Waals surface area contributed by atoms with E-state index in [1.54, 1.807) is 0 Å². The highest BCUT2D eigenvalue weighted by Crippen LogP contribution is 2.49. The van der Waals surface area contributed by atoms with Gasteiger partial charge in [0.15, 0.2) is 0 Å². The maximum atomic E-state index is 6.46. The van der Waals surface area contributed by atoms with Gasteiger partial charge in [-0.15, -0.1) is 12.4 Å². The molecule has 3 aliphatic heterocycles. The Morgan fingerprint density at radius 1 is 0.793 bits per heavy atom. The fourth-order valence-electron chi connectivity index (χ4n) is 4.90. The number of benzene rings is 2. The topological polar surface area (TPSA) is 9.72 Å². The van der Waals surface area contributed by atoms with Gasteiger partial charge in [-0.25, -0.2) is 0 Å². The number of hydrogen-bond acceptors (Lipinski definition) is 4. The van der Waals surface area contributed by atoms with Gasteiger partial charge in [-0.05, 0) is 82.2 Å². The highest BCUT2D eigenvalue weighted by Gasteiger charge is 2.32. The first-order valence-corrected chi connectivity index (χ1v) is 11.8. The quantitative estimate of drug-likeness (QED) is 0.559. The molecule has 2 aromatic rings. The van der Waals surface area contributed by atoms with Gasteiger partial charge < -0.3 is 14.7 Å². The van der Waals surface area contributed by atoms with Crippen LogP contribution in [0.25, 0.3) is 0 Å². The SMILES string of the molecule is Cl.Clc1ccc2c(c1)N(C(CN1CCCC1)CN1CCCC1)c1ccccc1S2. The molecule has 0 bridgehead atoms. The van der Waals surface area contributed by atoms with Crippen molar-refractivity contribution in [2.75, 3.05) is 44.2 Å². The summed E-state index contributed by atoms with van der Waals surface area (Å²) in [4.78, 5) is 10.6. The van der Waals surface area contributed by atoms with E-state index >= 15 is 0 Å². The molecule has 3 heterocycles. The minimum absolute atomic E-state index is 0. The molecule has 0 aliphatic carbocycles. The average Bonchev–Trinajstić information content (AvgIpc) is 3.40. The first kappa shape index (κ1) is 21.3. The minimum atomic E-state index is 0. The fraction of sp³-hybridized carbons (Fsp3) is 0.478. The highest BCUT2D eigenvalue weighted by molar-refractivity contribution is 7.99. The van der Waals surface area contributed by atoms with Crippen LogP contribution in [0.15, 0.2) is 52.3 Å². The maximum Gasteiger partial charge on any atom is 0.0597 e. The molecule has 29 heavy (non-hydrogen) atoms. The zero-order chi connectivity index (χ0) is 18.9. The minimum Gasteiger partial charge on any atom is -0.334 e. The zero-order valence-corrected chi connectivity index (χ0v) is 19.1. The average molecular weight is 450 g/mol. The van der Waals surface area contributed by atoms with Crippen LogP contribution in [0.3, 0.4) is 0 Å². The van der Waals surface area contributed by atoms with Crippen molar-refractivity contribution in [3.05, 3.63) is 47.5 Å². The predicted molar refractivity (Wildman–Crippen MR) is 127 cm³/mol. The van der Waals surface area contributed by atoms with Crippen molar-refractivity contribution in [1.29, 1.82) is 0 Å². The largest absolute Gasteiger partial charge is 0.334 e. The Morgan fingerprint density at radius 2 is 1.38 bits per heavy atom. The van der Waals surface area contributed by atoms with Gasteiger partial charge in [-0.1, -0.05) is 35.5 Å². The first-order valence-electron chi connectivity index (χ1n) is 10.6. The molecule has 0 unspecified atom stereocenters. The van der Waals surface area contributed by atoms with Gasteiger partial charge in [0, 0.05) is 27.9 Å². The number of hydrogen-bond donors (Lipinski definition) is 0. The molecular formula is C23H29Cl2N3S. The Kier molecular flexibility index (Phi) is 6.98. The molecule has 0 atom stereocenters. The third-order valence-electron chi connectivity index (χ3n) is 6.23. The summed E-state index contributed by atoms with van der Waals surface area (Å²) in [7, 11) is 0. The Labute approximate surface area is 189 Å². The lowest BCUT2D eigenvalue weighted by atomic mass is 10.1. The normalized spacial score (nSPS) is 19.3. The summed E-state index contributed by atoms with van der Waals surface area (Å²) in [5, 5.41) is 0.824. The molecule has 5 rings (SSSR count). The molecular weight excluding hydrogens is 421 g/mol. The molecule has 0 aromatic heterocycles. The molecule has 2 saturated heterocycles. The van der Waals surface area contributed by atoms with Crippen LogP contribution in [0.2, 0.25) is 5.02 Å². The second-order valence-corrected chi connectivity index (χ2v) is 9.74. The number of nitrogens with zero attached hydrogens (tertiary/aromatic N) is 3. The van der Waals surface area contributed by atoms with Crippen LogP contribution in [-0.4, -0.2) is 55.1 Å². The van der Waals surface area contributed by atoms with E-state index in [-0.39, 0.29) is 12.4 Å². The van der Waals surface area contributed by atoms with Crippen molar-refractivity contribution >= 4 is 47.1 Å². The van der Waals surface area contributed by atoms with Gasteiger partial charge in [0.2, 0.25) is 0 Å². The Hall–Kier alpha value is -0.910. The molecule has 0 N–H and O–H groups in total. The second kappa shape index (κ2) is 9.49. The van der Waals surface area contributed by atoms with Crippen molar-refractivity contribution in [3.63, 3.8) is 0 Å². The molecule has 2 fully saturated rings. The van der Waals surface area contributed by atoms with Crippen molar-refractivity contribution in [1.82, 2.24) is 9.80 Å². The van der Waals surface area contributed by atoms with E-state index < -0.39 is 0 Å². The summed E-state index contributed by atoms with van der Waals surface area (Å²) in [6, 6.07) is 15.7. The van der Waals surface area contributed by atoms with E-state index in [4.69, 9.17) is 11.6 Å². The van der Waals surface area contributed by atoms with Crippen molar-refractivity contribution in [2.45, 2.75) is 41.5 Å². The molecule has 156 valence electrons. The molecule has 0 radical (unpaired) electrons. The lowest BCUT2D eigenvalue weighted by Gasteiger charge is -2.41. The predicted octanol–water partition coefficient (Wildman–Crippen LogP) is 5.92. The number of fused-ring (bicyclic) bond motifs is 2. The van der Waals surface area contributed by atoms with Crippen LogP contribution in [0.4, 0.5) is 11.4 Å². The van der Waals surface area contributed by atoms with Gasteiger partial charge in [0.05, 0.1) is 17.4 Å². The first-order chi connectivity index (χ1) is 13.8.